The highest BCUT2D eigenvalue weighted by Crippen LogP contribution is 2.31. The molecular formula is C25H47F4NO5Si4. The summed E-state index contributed by atoms with van der Waals surface area (Å²) in [4.78, 5) is 13.4. The second kappa shape index (κ2) is 14.8. The Balaban J connectivity index is 2.75. The number of amides is 1. The number of carbonyl (C=O) groups excluding carboxylic acids is 1. The number of rotatable bonds is 17. The van der Waals surface area contributed by atoms with Crippen molar-refractivity contribution in [3.05, 3.63) is 30.3 Å². The van der Waals surface area contributed by atoms with Crippen molar-refractivity contribution in [1.82, 2.24) is 0 Å². The quantitative estimate of drug-likeness (QED) is 0.134. The van der Waals surface area contributed by atoms with E-state index >= 15 is 0 Å². The van der Waals surface area contributed by atoms with Crippen molar-refractivity contribution >= 4 is 45.1 Å². The van der Waals surface area contributed by atoms with Gasteiger partial charge in [0.25, 0.3) is 12.1 Å². The Morgan fingerprint density at radius 2 is 1.31 bits per heavy atom. The summed E-state index contributed by atoms with van der Waals surface area (Å²) < 4.78 is 76.2. The molecule has 0 heterocycles. The van der Waals surface area contributed by atoms with E-state index < -0.39 is 51.8 Å². The van der Waals surface area contributed by atoms with Crippen LogP contribution >= 0.6 is 0 Å². The summed E-state index contributed by atoms with van der Waals surface area (Å²) in [6, 6.07) is 12.3. The zero-order valence-corrected chi connectivity index (χ0v) is 28.9. The molecule has 1 aromatic carbocycles. The van der Waals surface area contributed by atoms with Crippen LogP contribution in [0.25, 0.3) is 0 Å². The van der Waals surface area contributed by atoms with E-state index in [4.69, 9.17) is 17.4 Å². The molecule has 0 saturated carbocycles. The van der Waals surface area contributed by atoms with Crippen molar-refractivity contribution in [2.24, 2.45) is 0 Å². The maximum absolute atomic E-state index is 13.9. The van der Waals surface area contributed by atoms with Gasteiger partial charge < -0.3 is 22.3 Å². The minimum atomic E-state index is -5.23. The summed E-state index contributed by atoms with van der Waals surface area (Å²) in [5.41, 5.74) is 0.269. The third kappa shape index (κ3) is 12.3. The SMILES string of the molecule is CO[Si](CC[Si](C)(C)O[Si](C)(C)CC[Si](C)(C)CCCN(C(=O)C(F)C(F)(F)F)c1ccccc1)(OC)OC. The Morgan fingerprint density at radius 3 is 1.77 bits per heavy atom. The molecule has 0 saturated heterocycles. The molecular weight excluding hydrogens is 583 g/mol. The molecule has 14 heteroatoms. The molecule has 0 bridgehead atoms. The lowest BCUT2D eigenvalue weighted by Crippen LogP contribution is -2.49. The van der Waals surface area contributed by atoms with Crippen molar-refractivity contribution in [3.63, 3.8) is 0 Å². The zero-order chi connectivity index (χ0) is 30.1. The fourth-order valence-electron chi connectivity index (χ4n) is 4.59. The number of anilines is 1. The number of hydrogen-bond donors (Lipinski definition) is 0. The molecule has 0 aliphatic carbocycles. The lowest BCUT2D eigenvalue weighted by Gasteiger charge is -2.37. The van der Waals surface area contributed by atoms with Gasteiger partial charge in [0.05, 0.1) is 0 Å². The van der Waals surface area contributed by atoms with Crippen LogP contribution < -0.4 is 4.90 Å². The van der Waals surface area contributed by atoms with Crippen LogP contribution in [0, 0.1) is 0 Å². The van der Waals surface area contributed by atoms with E-state index in [0.717, 1.165) is 29.1 Å². The van der Waals surface area contributed by atoms with Gasteiger partial charge in [-0.25, -0.2) is 4.39 Å². The van der Waals surface area contributed by atoms with E-state index in [1.807, 2.05) is 0 Å². The highest BCUT2D eigenvalue weighted by Gasteiger charge is 2.47. The molecule has 6 nitrogen and oxygen atoms in total. The van der Waals surface area contributed by atoms with Crippen LogP contribution in [0.15, 0.2) is 30.3 Å². The van der Waals surface area contributed by atoms with Crippen LogP contribution in [-0.2, 0) is 22.2 Å². The van der Waals surface area contributed by atoms with Gasteiger partial charge in [-0.05, 0) is 56.8 Å². The van der Waals surface area contributed by atoms with Crippen molar-refractivity contribution in [3.8, 4) is 0 Å². The number of hydrogen-bond acceptors (Lipinski definition) is 5. The molecule has 39 heavy (non-hydrogen) atoms. The minimum Gasteiger partial charge on any atom is -0.456 e. The second-order valence-electron chi connectivity index (χ2n) is 11.9. The van der Waals surface area contributed by atoms with Crippen LogP contribution in [0.3, 0.4) is 0 Å². The predicted octanol–water partition coefficient (Wildman–Crippen LogP) is 7.32. The summed E-state index contributed by atoms with van der Waals surface area (Å²) in [6.07, 6.45) is -8.26. The second-order valence-corrected chi connectivity index (χ2v) is 29.2. The van der Waals surface area contributed by atoms with Crippen molar-refractivity contribution in [2.75, 3.05) is 32.8 Å². The first-order valence-corrected chi connectivity index (χ1v) is 24.8. The predicted molar refractivity (Wildman–Crippen MR) is 159 cm³/mol. The van der Waals surface area contributed by atoms with E-state index in [1.54, 1.807) is 39.5 Å². The largest absolute Gasteiger partial charge is 0.499 e. The van der Waals surface area contributed by atoms with E-state index in [2.05, 4.69) is 39.3 Å². The van der Waals surface area contributed by atoms with E-state index in [9.17, 15) is 22.4 Å². The zero-order valence-electron chi connectivity index (χ0n) is 24.9. The Bertz CT molecular complexity index is 879. The van der Waals surface area contributed by atoms with Gasteiger partial charge in [0, 0.05) is 47.7 Å². The average molecular weight is 630 g/mol. The number of carbonyl (C=O) groups is 1. The molecule has 1 unspecified atom stereocenters. The van der Waals surface area contributed by atoms with Gasteiger partial charge in [-0.2, -0.15) is 13.2 Å². The molecule has 0 radical (unpaired) electrons. The number of para-hydroxylation sites is 1. The summed E-state index contributed by atoms with van der Waals surface area (Å²) >= 11 is 0. The van der Waals surface area contributed by atoms with Gasteiger partial charge in [0.15, 0.2) is 16.6 Å². The third-order valence-electron chi connectivity index (χ3n) is 7.00. The van der Waals surface area contributed by atoms with Crippen LogP contribution in [0.2, 0.25) is 69.5 Å². The monoisotopic (exact) mass is 629 g/mol. The Labute approximate surface area is 236 Å². The number of benzene rings is 1. The Hall–Kier alpha value is -0.882. The molecule has 1 rings (SSSR count). The highest BCUT2D eigenvalue weighted by molar-refractivity contribution is 6.87. The first-order chi connectivity index (χ1) is 17.8. The highest BCUT2D eigenvalue weighted by atomic mass is 28.4. The molecule has 0 N–H and O–H groups in total. The summed E-state index contributed by atoms with van der Waals surface area (Å²) in [5.74, 6) is -1.56. The molecule has 0 spiro atoms. The van der Waals surface area contributed by atoms with Gasteiger partial charge in [-0.1, -0.05) is 43.4 Å². The van der Waals surface area contributed by atoms with Crippen LogP contribution in [0.5, 0.6) is 0 Å². The maximum Gasteiger partial charge on any atom is 0.499 e. The number of halogens is 4. The Kier molecular flexibility index (Phi) is 13.8. The molecule has 1 atom stereocenters. The lowest BCUT2D eigenvalue weighted by atomic mass is 10.2. The first kappa shape index (κ1) is 36.1. The standard InChI is InChI=1S/C25H47F4NO5Si4/c1-32-39(33-2,34-3)21-20-38(8,9)35-37(6,7)19-18-36(4,5)17-13-16-30(22-14-11-10-12-15-22)24(31)23(26)25(27,28)29/h10-12,14-15,23H,13,16-21H2,1-9H3. The maximum atomic E-state index is 13.9. The molecule has 0 aliphatic heterocycles. The number of nitrogens with zero attached hydrogens (tertiary/aromatic N) is 1. The van der Waals surface area contributed by atoms with Gasteiger partial charge in [0.1, 0.15) is 0 Å². The van der Waals surface area contributed by atoms with Crippen LogP contribution in [-0.4, -0.2) is 79.6 Å². The fraction of sp³-hybridized carbons (Fsp3) is 0.720. The van der Waals surface area contributed by atoms with Crippen LogP contribution in [0.4, 0.5) is 23.2 Å². The van der Waals surface area contributed by atoms with Gasteiger partial charge in [-0.3, -0.25) is 4.79 Å². The topological polar surface area (TPSA) is 57.2 Å². The van der Waals surface area contributed by atoms with Crippen molar-refractivity contribution in [1.29, 1.82) is 0 Å². The van der Waals surface area contributed by atoms with Crippen molar-refractivity contribution < 1.29 is 39.7 Å². The van der Waals surface area contributed by atoms with E-state index in [1.165, 1.54) is 12.1 Å². The van der Waals surface area contributed by atoms with Gasteiger partial charge in [0.2, 0.25) is 0 Å². The lowest BCUT2D eigenvalue weighted by molar-refractivity contribution is -0.185. The molecule has 226 valence electrons. The van der Waals surface area contributed by atoms with Gasteiger partial charge >= 0.3 is 15.0 Å². The summed E-state index contributed by atoms with van der Waals surface area (Å²) in [5, 5.41) is 0. The summed E-state index contributed by atoms with van der Waals surface area (Å²) in [6.45, 7) is 13.4. The van der Waals surface area contributed by atoms with E-state index in [-0.39, 0.29) is 12.2 Å². The number of alkyl halides is 4. The smallest absolute Gasteiger partial charge is 0.456 e. The summed E-state index contributed by atoms with van der Waals surface area (Å²) in [7, 11) is -3.59. The molecule has 0 aliphatic rings. The third-order valence-corrected chi connectivity index (χ3v) is 21.4. The normalized spacial score (nSPS) is 14.4. The molecule has 1 amide bonds. The van der Waals surface area contributed by atoms with Gasteiger partial charge in [-0.15, -0.1) is 0 Å². The van der Waals surface area contributed by atoms with Crippen molar-refractivity contribution in [2.45, 2.75) is 88.3 Å². The average Bonchev–Trinajstić information content (AvgIpc) is 2.85. The van der Waals surface area contributed by atoms with E-state index in [0.29, 0.717) is 12.5 Å². The molecule has 0 aromatic heterocycles. The molecule has 1 aromatic rings. The first-order valence-electron chi connectivity index (χ1n) is 13.3. The van der Waals surface area contributed by atoms with Crippen LogP contribution in [0.1, 0.15) is 6.42 Å². The fourth-order valence-corrected chi connectivity index (χ4v) is 22.6. The Morgan fingerprint density at radius 1 is 0.821 bits per heavy atom. The minimum absolute atomic E-state index is 0.0389. The molecule has 0 fully saturated rings.